The lowest BCUT2D eigenvalue weighted by Crippen LogP contribution is -2.60. The van der Waals surface area contributed by atoms with Crippen molar-refractivity contribution >= 4 is 10.8 Å². The van der Waals surface area contributed by atoms with E-state index in [1.54, 1.807) is 0 Å². The SMILES string of the molecule is Oc1c(CNC23CC4CC(CC(C4)C2)C3)ccc2c(C3C4CC5CC3CC(NCc3ccc(-c6ccccc6)cc3)(C5)C4)cccc12. The van der Waals surface area contributed by atoms with E-state index in [0.717, 1.165) is 59.5 Å². The zero-order chi connectivity index (χ0) is 31.2. The Kier molecular flexibility index (Phi) is 6.71. The molecule has 2 unspecified atom stereocenters. The van der Waals surface area contributed by atoms with Crippen LogP contribution in [0.5, 0.6) is 5.75 Å². The first-order chi connectivity index (χ1) is 23.0. The van der Waals surface area contributed by atoms with Gasteiger partial charge in [0.25, 0.3) is 0 Å². The van der Waals surface area contributed by atoms with Crippen LogP contribution in [0.1, 0.15) is 93.2 Å². The molecule has 0 radical (unpaired) electrons. The van der Waals surface area contributed by atoms with Crippen molar-refractivity contribution in [1.82, 2.24) is 10.6 Å². The van der Waals surface area contributed by atoms with Crippen LogP contribution in [0.2, 0.25) is 0 Å². The Bertz CT molecular complexity index is 1740. The second-order valence-electron chi connectivity index (χ2n) is 17.3. The average Bonchev–Trinajstić information content (AvgIpc) is 3.07. The van der Waals surface area contributed by atoms with Crippen molar-refractivity contribution in [3.63, 3.8) is 0 Å². The Morgan fingerprint density at radius 2 is 1.13 bits per heavy atom. The topological polar surface area (TPSA) is 44.3 Å². The van der Waals surface area contributed by atoms with E-state index in [4.69, 9.17) is 0 Å². The number of hydrogen-bond acceptors (Lipinski definition) is 3. The third-order valence-corrected chi connectivity index (χ3v) is 14.2. The summed E-state index contributed by atoms with van der Waals surface area (Å²) in [4.78, 5) is 0. The number of nitrogens with one attached hydrogen (secondary N) is 2. The number of benzene rings is 4. The van der Waals surface area contributed by atoms with Gasteiger partial charge in [-0.15, -0.1) is 0 Å². The molecule has 3 heteroatoms. The smallest absolute Gasteiger partial charge is 0.127 e. The summed E-state index contributed by atoms with van der Waals surface area (Å²) in [7, 11) is 0. The normalized spacial score (nSPS) is 36.4. The third-order valence-electron chi connectivity index (χ3n) is 14.2. The molecule has 3 nitrogen and oxygen atoms in total. The van der Waals surface area contributed by atoms with Crippen LogP contribution in [0.3, 0.4) is 0 Å². The molecule has 0 aromatic heterocycles. The van der Waals surface area contributed by atoms with E-state index in [0.29, 0.717) is 17.2 Å². The van der Waals surface area contributed by atoms with Crippen molar-refractivity contribution < 1.29 is 5.11 Å². The van der Waals surface area contributed by atoms with Crippen LogP contribution in [-0.4, -0.2) is 16.2 Å². The summed E-state index contributed by atoms with van der Waals surface area (Å²) in [5.74, 6) is 6.21. The summed E-state index contributed by atoms with van der Waals surface area (Å²) in [6.07, 6.45) is 15.1. The van der Waals surface area contributed by atoms with Gasteiger partial charge in [0, 0.05) is 35.1 Å². The predicted octanol–water partition coefficient (Wildman–Crippen LogP) is 9.72. The van der Waals surface area contributed by atoms with Crippen molar-refractivity contribution in [2.75, 3.05) is 0 Å². The lowest BCUT2D eigenvalue weighted by atomic mass is 9.48. The van der Waals surface area contributed by atoms with Crippen LogP contribution in [-0.2, 0) is 13.1 Å². The molecule has 8 saturated carbocycles. The molecule has 2 atom stereocenters. The number of hydrogen-bond donors (Lipinski definition) is 3. The molecule has 0 heterocycles. The van der Waals surface area contributed by atoms with Crippen molar-refractivity contribution in [2.45, 2.75) is 101 Å². The first-order valence-corrected chi connectivity index (χ1v) is 18.9. The van der Waals surface area contributed by atoms with Crippen LogP contribution in [0.25, 0.3) is 21.9 Å². The molecule has 8 aliphatic rings. The Balaban J connectivity index is 0.858. The molecule has 0 spiro atoms. The highest BCUT2D eigenvalue weighted by molar-refractivity contribution is 5.92. The standard InChI is InChI=1S/C44H50N2O/c47-42-35(27-46-43-20-29-15-30(21-43)17-31(16-29)22-43)13-14-38-39(7-4-8-40(38)42)41-36-18-32-19-37(41)25-44(23-32,24-36)45-26-28-9-11-34(12-10-28)33-5-2-1-3-6-33/h1-14,29-32,36-37,41,45-47H,15-27H2. The monoisotopic (exact) mass is 622 g/mol. The second kappa shape index (κ2) is 10.9. The van der Waals surface area contributed by atoms with Gasteiger partial charge in [-0.1, -0.05) is 84.9 Å². The van der Waals surface area contributed by atoms with Crippen LogP contribution in [0.15, 0.2) is 84.9 Å². The van der Waals surface area contributed by atoms with Gasteiger partial charge in [0.05, 0.1) is 0 Å². The first kappa shape index (κ1) is 28.8. The molecule has 8 aliphatic carbocycles. The van der Waals surface area contributed by atoms with Gasteiger partial charge in [-0.3, -0.25) is 0 Å². The molecule has 0 aliphatic heterocycles. The van der Waals surface area contributed by atoms with E-state index >= 15 is 0 Å². The summed E-state index contributed by atoms with van der Waals surface area (Å²) >= 11 is 0. The summed E-state index contributed by atoms with van der Waals surface area (Å²) < 4.78 is 0. The first-order valence-electron chi connectivity index (χ1n) is 18.9. The Morgan fingerprint density at radius 1 is 0.532 bits per heavy atom. The number of phenolic OH excluding ortho intramolecular Hbond substituents is 1. The van der Waals surface area contributed by atoms with Crippen molar-refractivity contribution in [3.05, 3.63) is 102 Å². The van der Waals surface area contributed by atoms with E-state index in [9.17, 15) is 5.11 Å². The molecule has 242 valence electrons. The van der Waals surface area contributed by atoms with Crippen molar-refractivity contribution in [2.24, 2.45) is 35.5 Å². The van der Waals surface area contributed by atoms with Gasteiger partial charge < -0.3 is 15.7 Å². The fraction of sp³-hybridized carbons (Fsp3) is 0.500. The van der Waals surface area contributed by atoms with Gasteiger partial charge >= 0.3 is 0 Å². The quantitative estimate of drug-likeness (QED) is 0.183. The van der Waals surface area contributed by atoms with E-state index in [1.165, 1.54) is 98.3 Å². The van der Waals surface area contributed by atoms with Crippen LogP contribution < -0.4 is 10.6 Å². The lowest BCUT2D eigenvalue weighted by molar-refractivity contribution is -0.0387. The fourth-order valence-electron chi connectivity index (χ4n) is 12.9. The largest absolute Gasteiger partial charge is 0.507 e. The maximum Gasteiger partial charge on any atom is 0.127 e. The third kappa shape index (κ3) is 4.98. The van der Waals surface area contributed by atoms with Gasteiger partial charge in [0.15, 0.2) is 0 Å². The predicted molar refractivity (Wildman–Crippen MR) is 191 cm³/mol. The molecule has 8 bridgehead atoms. The molecule has 4 aromatic carbocycles. The molecular weight excluding hydrogens is 572 g/mol. The summed E-state index contributed by atoms with van der Waals surface area (Å²) in [6, 6.07) is 31.3. The molecule has 12 rings (SSSR count). The zero-order valence-corrected chi connectivity index (χ0v) is 27.8. The number of phenols is 1. The minimum Gasteiger partial charge on any atom is -0.507 e. The molecular formula is C44H50N2O. The van der Waals surface area contributed by atoms with Crippen LogP contribution in [0.4, 0.5) is 0 Å². The average molecular weight is 623 g/mol. The van der Waals surface area contributed by atoms with E-state index in [-0.39, 0.29) is 5.54 Å². The number of aromatic hydroxyl groups is 1. The maximum absolute atomic E-state index is 11.7. The minimum atomic E-state index is 0.272. The molecule has 3 N–H and O–H groups in total. The van der Waals surface area contributed by atoms with E-state index in [1.807, 2.05) is 0 Å². The highest BCUT2D eigenvalue weighted by atomic mass is 16.3. The van der Waals surface area contributed by atoms with Gasteiger partial charge in [0.2, 0.25) is 0 Å². The molecule has 0 saturated heterocycles. The summed E-state index contributed by atoms with van der Waals surface area (Å²) in [5.41, 5.74) is 7.12. The minimum absolute atomic E-state index is 0.272. The van der Waals surface area contributed by atoms with E-state index < -0.39 is 0 Å². The van der Waals surface area contributed by atoms with Gasteiger partial charge in [-0.05, 0) is 140 Å². The molecule has 4 aromatic rings. The maximum atomic E-state index is 11.7. The van der Waals surface area contributed by atoms with Crippen LogP contribution >= 0.6 is 0 Å². The van der Waals surface area contributed by atoms with Gasteiger partial charge in [0.1, 0.15) is 5.75 Å². The highest BCUT2D eigenvalue weighted by Gasteiger charge is 2.55. The zero-order valence-electron chi connectivity index (χ0n) is 27.8. The Morgan fingerprint density at radius 3 is 1.81 bits per heavy atom. The van der Waals surface area contributed by atoms with Gasteiger partial charge in [-0.2, -0.15) is 0 Å². The van der Waals surface area contributed by atoms with Crippen LogP contribution in [0, 0.1) is 35.5 Å². The highest BCUT2D eigenvalue weighted by Crippen LogP contribution is 2.62. The fourth-order valence-corrected chi connectivity index (χ4v) is 12.9. The summed E-state index contributed by atoms with van der Waals surface area (Å²) in [6.45, 7) is 1.74. The van der Waals surface area contributed by atoms with Crippen molar-refractivity contribution in [3.8, 4) is 16.9 Å². The van der Waals surface area contributed by atoms with Gasteiger partial charge in [-0.25, -0.2) is 0 Å². The molecule has 47 heavy (non-hydrogen) atoms. The van der Waals surface area contributed by atoms with E-state index in [2.05, 4.69) is 95.6 Å². The molecule has 0 amide bonds. The lowest BCUT2D eigenvalue weighted by Gasteiger charge is -2.60. The second-order valence-corrected chi connectivity index (χ2v) is 17.3. The Hall–Kier alpha value is -3.14. The Labute approximate surface area is 280 Å². The summed E-state index contributed by atoms with van der Waals surface area (Å²) in [5, 5.41) is 22.2. The number of fused-ring (bicyclic) bond motifs is 1. The van der Waals surface area contributed by atoms with Crippen molar-refractivity contribution in [1.29, 1.82) is 0 Å². The number of rotatable bonds is 8. The molecule has 8 fully saturated rings.